The normalized spacial score (nSPS) is 17.2. The van der Waals surface area contributed by atoms with Gasteiger partial charge in [0.25, 0.3) is 0 Å². The summed E-state index contributed by atoms with van der Waals surface area (Å²) in [5, 5.41) is 7.67. The molecule has 0 saturated carbocycles. The number of likely N-dealkylation sites (tertiary alicyclic amines) is 1. The highest BCUT2D eigenvalue weighted by Gasteiger charge is 2.32. The number of nitrogens with one attached hydrogen (secondary N) is 2. The van der Waals surface area contributed by atoms with E-state index in [0.717, 1.165) is 42.1 Å². The Bertz CT molecular complexity index is 934. The number of amides is 2. The highest BCUT2D eigenvalue weighted by molar-refractivity contribution is 6.31. The summed E-state index contributed by atoms with van der Waals surface area (Å²) < 4.78 is 1.71. The van der Waals surface area contributed by atoms with Gasteiger partial charge in [0.2, 0.25) is 0 Å². The Morgan fingerprint density at radius 2 is 2.35 bits per heavy atom. The number of aromatic nitrogens is 5. The van der Waals surface area contributed by atoms with Crippen LogP contribution < -0.4 is 5.32 Å². The molecule has 1 aliphatic heterocycles. The summed E-state index contributed by atoms with van der Waals surface area (Å²) in [4.78, 5) is 26.6. The molecule has 3 heterocycles. The fraction of sp³-hybridized carbons (Fsp3) is 0.412. The Labute approximate surface area is 155 Å². The van der Waals surface area contributed by atoms with E-state index in [9.17, 15) is 4.79 Å². The van der Waals surface area contributed by atoms with Crippen molar-refractivity contribution in [1.29, 1.82) is 0 Å². The van der Waals surface area contributed by atoms with E-state index in [4.69, 9.17) is 11.6 Å². The number of H-pyrrole nitrogens is 1. The number of aryl methyl sites for hydroxylation is 1. The predicted molar refractivity (Wildman–Crippen MR) is 97.9 cm³/mol. The van der Waals surface area contributed by atoms with Gasteiger partial charge in [-0.1, -0.05) is 11.6 Å². The van der Waals surface area contributed by atoms with Crippen molar-refractivity contribution in [2.75, 3.05) is 13.1 Å². The summed E-state index contributed by atoms with van der Waals surface area (Å²) >= 11 is 6.04. The second-order valence-electron chi connectivity index (χ2n) is 6.42. The van der Waals surface area contributed by atoms with Crippen LogP contribution in [0.3, 0.4) is 0 Å². The smallest absolute Gasteiger partial charge is 0.318 e. The summed E-state index contributed by atoms with van der Waals surface area (Å²) in [6, 6.07) is 5.44. The molecule has 2 N–H and O–H groups in total. The second kappa shape index (κ2) is 6.95. The number of benzene rings is 1. The highest BCUT2D eigenvalue weighted by atomic mass is 35.5. The number of fused-ring (bicyclic) bond motifs is 1. The van der Waals surface area contributed by atoms with Crippen molar-refractivity contribution < 1.29 is 4.79 Å². The van der Waals surface area contributed by atoms with Gasteiger partial charge in [-0.25, -0.2) is 14.8 Å². The van der Waals surface area contributed by atoms with Crippen LogP contribution in [0.2, 0.25) is 5.02 Å². The zero-order valence-electron chi connectivity index (χ0n) is 14.4. The molecule has 0 spiro atoms. The molecule has 4 rings (SSSR count). The van der Waals surface area contributed by atoms with Crippen molar-refractivity contribution in [3.63, 3.8) is 0 Å². The lowest BCUT2D eigenvalue weighted by molar-refractivity contribution is 0.191. The quantitative estimate of drug-likeness (QED) is 0.734. The van der Waals surface area contributed by atoms with Crippen molar-refractivity contribution in [2.24, 2.45) is 7.05 Å². The molecule has 9 heteroatoms. The minimum absolute atomic E-state index is 0.0454. The standard InChI is InChI=1S/C17H20ClN7O/c1-24-15(20-10-21-24)6-7-19-17(26)25-8-2-3-14(25)16-22-12-5-4-11(18)9-13(12)23-16/h4-5,9-10,14H,2-3,6-8H2,1H3,(H,19,26)(H,22,23)/t14-/m1/s1. The molecule has 8 nitrogen and oxygen atoms in total. The number of aromatic amines is 1. The van der Waals surface area contributed by atoms with Crippen LogP contribution in [0, 0.1) is 0 Å². The van der Waals surface area contributed by atoms with Gasteiger partial charge in [-0.2, -0.15) is 5.10 Å². The summed E-state index contributed by atoms with van der Waals surface area (Å²) in [5.74, 6) is 1.65. The van der Waals surface area contributed by atoms with Gasteiger partial charge in [0, 0.05) is 31.6 Å². The van der Waals surface area contributed by atoms with Crippen molar-refractivity contribution in [3.05, 3.63) is 41.2 Å². The summed E-state index contributed by atoms with van der Waals surface area (Å²) in [5.41, 5.74) is 1.75. The monoisotopic (exact) mass is 373 g/mol. The maximum atomic E-state index is 12.6. The Morgan fingerprint density at radius 3 is 3.15 bits per heavy atom. The second-order valence-corrected chi connectivity index (χ2v) is 6.85. The van der Waals surface area contributed by atoms with Gasteiger partial charge in [-0.15, -0.1) is 0 Å². The van der Waals surface area contributed by atoms with Crippen LogP contribution in [0.5, 0.6) is 0 Å². The predicted octanol–water partition coefficient (Wildman–Crippen LogP) is 2.43. The Morgan fingerprint density at radius 1 is 1.46 bits per heavy atom. The number of halogens is 1. The van der Waals surface area contributed by atoms with Gasteiger partial charge < -0.3 is 15.2 Å². The minimum Gasteiger partial charge on any atom is -0.340 e. The molecule has 3 aromatic rings. The first-order valence-corrected chi connectivity index (χ1v) is 9.02. The van der Waals surface area contributed by atoms with Crippen LogP contribution in [0.25, 0.3) is 11.0 Å². The van der Waals surface area contributed by atoms with Crippen LogP contribution >= 0.6 is 11.6 Å². The number of imidazole rings is 1. The summed E-state index contributed by atoms with van der Waals surface area (Å²) in [7, 11) is 1.84. The molecule has 1 aromatic carbocycles. The van der Waals surface area contributed by atoms with Crippen LogP contribution in [-0.4, -0.2) is 48.8 Å². The zero-order valence-corrected chi connectivity index (χ0v) is 15.2. The van der Waals surface area contributed by atoms with E-state index >= 15 is 0 Å². The molecular weight excluding hydrogens is 354 g/mol. The van der Waals surface area contributed by atoms with Gasteiger partial charge in [-0.3, -0.25) is 4.68 Å². The SMILES string of the molecule is Cn1ncnc1CCNC(=O)N1CCC[C@@H]1c1nc2ccc(Cl)cc2[nH]1. The van der Waals surface area contributed by atoms with Gasteiger partial charge in [-0.05, 0) is 31.0 Å². The molecule has 2 amide bonds. The zero-order chi connectivity index (χ0) is 18.1. The van der Waals surface area contributed by atoms with Gasteiger partial charge in [0.15, 0.2) is 0 Å². The average Bonchev–Trinajstić information content (AvgIpc) is 3.33. The maximum Gasteiger partial charge on any atom is 0.318 e. The van der Waals surface area contributed by atoms with Crippen LogP contribution in [0.15, 0.2) is 24.5 Å². The van der Waals surface area contributed by atoms with Gasteiger partial charge in [0.1, 0.15) is 18.0 Å². The van der Waals surface area contributed by atoms with E-state index in [0.29, 0.717) is 18.0 Å². The molecule has 0 radical (unpaired) electrons. The first kappa shape index (κ1) is 16.8. The number of carbonyl (C=O) groups is 1. The molecule has 1 aliphatic rings. The van der Waals surface area contributed by atoms with Crippen LogP contribution in [-0.2, 0) is 13.5 Å². The fourth-order valence-electron chi connectivity index (χ4n) is 3.38. The fourth-order valence-corrected chi connectivity index (χ4v) is 3.55. The number of rotatable bonds is 4. The molecule has 0 bridgehead atoms. The van der Waals surface area contributed by atoms with E-state index in [1.54, 1.807) is 4.68 Å². The Kier molecular flexibility index (Phi) is 4.50. The number of carbonyl (C=O) groups excluding carboxylic acids is 1. The first-order chi connectivity index (χ1) is 12.6. The van der Waals surface area contributed by atoms with Gasteiger partial charge in [0.05, 0.1) is 17.1 Å². The van der Waals surface area contributed by atoms with Crippen molar-refractivity contribution in [2.45, 2.75) is 25.3 Å². The van der Waals surface area contributed by atoms with Crippen LogP contribution in [0.1, 0.15) is 30.5 Å². The van der Waals surface area contributed by atoms with E-state index in [1.165, 1.54) is 6.33 Å². The number of nitrogens with zero attached hydrogens (tertiary/aromatic N) is 5. The third-order valence-corrected chi connectivity index (χ3v) is 4.96. The summed E-state index contributed by atoms with van der Waals surface area (Å²) in [6.07, 6.45) is 4.01. The van der Waals surface area contributed by atoms with Crippen molar-refractivity contribution >= 4 is 28.7 Å². The lowest BCUT2D eigenvalue weighted by atomic mass is 10.2. The molecular formula is C17H20ClN7O. The number of hydrogen-bond acceptors (Lipinski definition) is 4. The maximum absolute atomic E-state index is 12.6. The third kappa shape index (κ3) is 3.24. The lowest BCUT2D eigenvalue weighted by Gasteiger charge is -2.23. The number of hydrogen-bond donors (Lipinski definition) is 2. The van der Waals surface area contributed by atoms with E-state index < -0.39 is 0 Å². The molecule has 26 heavy (non-hydrogen) atoms. The van der Waals surface area contributed by atoms with E-state index in [-0.39, 0.29) is 12.1 Å². The van der Waals surface area contributed by atoms with E-state index in [2.05, 4.69) is 25.4 Å². The molecule has 1 atom stereocenters. The van der Waals surface area contributed by atoms with Crippen molar-refractivity contribution in [1.82, 2.24) is 34.9 Å². The van der Waals surface area contributed by atoms with Crippen molar-refractivity contribution in [3.8, 4) is 0 Å². The number of urea groups is 1. The molecule has 0 aliphatic carbocycles. The third-order valence-electron chi connectivity index (χ3n) is 4.72. The molecule has 2 aromatic heterocycles. The molecule has 0 unspecified atom stereocenters. The molecule has 1 saturated heterocycles. The highest BCUT2D eigenvalue weighted by Crippen LogP contribution is 2.31. The topological polar surface area (TPSA) is 91.7 Å². The van der Waals surface area contributed by atoms with Gasteiger partial charge >= 0.3 is 6.03 Å². The first-order valence-electron chi connectivity index (χ1n) is 8.64. The van der Waals surface area contributed by atoms with Crippen LogP contribution in [0.4, 0.5) is 4.79 Å². The minimum atomic E-state index is -0.0758. The molecule has 136 valence electrons. The lowest BCUT2D eigenvalue weighted by Crippen LogP contribution is -2.40. The van der Waals surface area contributed by atoms with E-state index in [1.807, 2.05) is 30.1 Å². The Balaban J connectivity index is 1.43. The molecule has 1 fully saturated rings. The largest absolute Gasteiger partial charge is 0.340 e. The average molecular weight is 374 g/mol. The summed E-state index contributed by atoms with van der Waals surface area (Å²) in [6.45, 7) is 1.24. The Hall–Kier alpha value is -2.61.